The molecule has 0 spiro atoms. The molecule has 31 rings (SSSR count). The number of nitrogens with zero attached hydrogens (tertiary/aromatic N) is 7. The summed E-state index contributed by atoms with van der Waals surface area (Å²) in [6.07, 6.45) is 3.78. The van der Waals surface area contributed by atoms with Crippen molar-refractivity contribution in [3.8, 4) is 102 Å². The van der Waals surface area contributed by atoms with E-state index < -0.39 is 0 Å². The summed E-state index contributed by atoms with van der Waals surface area (Å²) >= 11 is 0. The third kappa shape index (κ3) is 12.8. The number of para-hydroxylation sites is 3. The van der Waals surface area contributed by atoms with E-state index in [1.165, 1.54) is 217 Å². The Morgan fingerprint density at radius 3 is 0.724 bits per heavy atom. The second kappa shape index (κ2) is 32.6. The van der Waals surface area contributed by atoms with Gasteiger partial charge in [-0.05, 0) is 353 Å². The van der Waals surface area contributed by atoms with E-state index in [0.717, 1.165) is 71.9 Å². The minimum Gasteiger partial charge on any atom is -0.309 e. The van der Waals surface area contributed by atoms with Crippen LogP contribution in [-0.2, 0) is 0 Å². The van der Waals surface area contributed by atoms with Crippen molar-refractivity contribution in [1.82, 2.24) is 18.7 Å². The lowest BCUT2D eigenvalue weighted by molar-refractivity contribution is 1.18. The van der Waals surface area contributed by atoms with Crippen molar-refractivity contribution in [2.45, 2.75) is 0 Å². The van der Waals surface area contributed by atoms with Gasteiger partial charge >= 0.3 is 0 Å². The molecular formula is C138H79N7. The third-order valence-corrected chi connectivity index (χ3v) is 30.6. The molecule has 0 atom stereocenters. The van der Waals surface area contributed by atoms with E-state index in [1.54, 1.807) is 0 Å². The highest BCUT2D eigenvalue weighted by molar-refractivity contribution is 6.33. The lowest BCUT2D eigenvalue weighted by Gasteiger charge is -2.17. The quantitative estimate of drug-likeness (QED) is 0.134. The Morgan fingerprint density at radius 1 is 0.159 bits per heavy atom. The molecule has 4 heterocycles. The molecule has 27 aromatic carbocycles. The number of nitriles is 3. The Balaban J connectivity index is 0.000000103. The Bertz CT molecular complexity index is 10600. The second-order valence-electron chi connectivity index (χ2n) is 38.3. The molecule has 0 aliphatic rings. The summed E-state index contributed by atoms with van der Waals surface area (Å²) in [6.45, 7) is 0. The first-order valence-electron chi connectivity index (χ1n) is 49.2. The second-order valence-corrected chi connectivity index (χ2v) is 38.3. The van der Waals surface area contributed by atoms with Gasteiger partial charge in [0.2, 0.25) is 0 Å². The van der Waals surface area contributed by atoms with E-state index in [9.17, 15) is 15.8 Å². The number of fused-ring (bicyclic) bond motifs is 16. The summed E-state index contributed by atoms with van der Waals surface area (Å²) in [5, 5.41) is 68.8. The van der Waals surface area contributed by atoms with Gasteiger partial charge < -0.3 is 13.7 Å². The van der Waals surface area contributed by atoms with Gasteiger partial charge in [0.15, 0.2) is 0 Å². The monoisotopic (exact) mass is 1830 g/mol. The summed E-state index contributed by atoms with van der Waals surface area (Å²) < 4.78 is 7.00. The lowest BCUT2D eigenvalue weighted by atomic mass is 9.86. The predicted molar refractivity (Wildman–Crippen MR) is 608 cm³/mol. The summed E-state index contributed by atoms with van der Waals surface area (Å²) in [7, 11) is 0. The number of hydrogen-bond acceptors (Lipinski definition) is 4. The summed E-state index contributed by atoms with van der Waals surface area (Å²) in [6, 6.07) is 176. The maximum atomic E-state index is 9.97. The fraction of sp³-hybridized carbons (Fsp3) is 0. The van der Waals surface area contributed by atoms with Gasteiger partial charge in [-0.3, -0.25) is 4.98 Å². The van der Waals surface area contributed by atoms with Crippen LogP contribution >= 0.6 is 0 Å². The molecule has 0 saturated carbocycles. The van der Waals surface area contributed by atoms with Crippen LogP contribution in [-0.4, -0.2) is 18.7 Å². The van der Waals surface area contributed by atoms with Gasteiger partial charge in [-0.25, -0.2) is 0 Å². The molecule has 0 aliphatic carbocycles. The van der Waals surface area contributed by atoms with Gasteiger partial charge in [0.1, 0.15) is 0 Å². The summed E-state index contributed by atoms with van der Waals surface area (Å²) in [4.78, 5) is 4.44. The Morgan fingerprint density at radius 2 is 0.407 bits per heavy atom. The first-order valence-corrected chi connectivity index (χ1v) is 49.2. The zero-order chi connectivity index (χ0) is 95.8. The number of aromatic nitrogens is 4. The van der Waals surface area contributed by atoms with E-state index in [1.807, 2.05) is 60.9 Å². The van der Waals surface area contributed by atoms with Crippen LogP contribution in [0.5, 0.6) is 0 Å². The smallest absolute Gasteiger partial charge is 0.0992 e. The van der Waals surface area contributed by atoms with Crippen LogP contribution < -0.4 is 0 Å². The first kappa shape index (κ1) is 82.2. The highest BCUT2D eigenvalue weighted by Gasteiger charge is 2.28. The van der Waals surface area contributed by atoms with E-state index >= 15 is 0 Å². The van der Waals surface area contributed by atoms with Crippen molar-refractivity contribution in [2.75, 3.05) is 0 Å². The van der Waals surface area contributed by atoms with E-state index in [2.05, 4.69) is 455 Å². The van der Waals surface area contributed by atoms with Crippen LogP contribution in [0.1, 0.15) is 16.7 Å². The molecule has 7 heteroatoms. The van der Waals surface area contributed by atoms with Crippen molar-refractivity contribution in [3.63, 3.8) is 0 Å². The Hall–Kier alpha value is -19.9. The average Bonchev–Trinajstić information content (AvgIpc) is 1.61. The molecule has 0 aliphatic heterocycles. The zero-order valence-electron chi connectivity index (χ0n) is 78.2. The minimum absolute atomic E-state index is 0.666. The largest absolute Gasteiger partial charge is 0.309 e. The van der Waals surface area contributed by atoms with Gasteiger partial charge in [-0.1, -0.05) is 315 Å². The molecule has 0 radical (unpaired) electrons. The fourth-order valence-corrected chi connectivity index (χ4v) is 24.4. The molecule has 666 valence electrons. The number of pyridine rings is 1. The summed E-state index contributed by atoms with van der Waals surface area (Å²) in [5.74, 6) is 0. The zero-order valence-corrected chi connectivity index (χ0v) is 78.2. The van der Waals surface area contributed by atoms with E-state index in [0.29, 0.717) is 16.7 Å². The predicted octanol–water partition coefficient (Wildman–Crippen LogP) is 36.7. The Kier molecular flexibility index (Phi) is 18.5. The normalized spacial score (nSPS) is 11.8. The standard InChI is InChI=1S/C49H28N2.C45H26N2.C44H25N3/c50-29-30-23-32-21-22-33-25-34(26-47-49(33)48(32)46(24-30)51(47)35-13-2-1-3-14-35)42-27-44-41-19-9-8-18-40(41)43(28-45(44)39-17-7-6-16-38(39)42)37-20-10-12-31-11-4-5-15-36(31)37;46-27-28-21-30-19-20-31-23-32(24-43-45(31)44(30)42(22-28)47(43)33-13-5-2-6-14-33)39-26-41-36-17-9-7-15-34(36)38(29-11-3-1-4-12-29)25-40(41)37-18-10-8-16-35(37)39;45-25-27-19-28-16-17-29-21-31(22-42-44(29)43(28)41(20-27)47(42)32-10-2-1-3-11-32)38-24-40-35-14-6-4-12-33(35)37(30-9-8-18-46-26-30)23-39(40)36-15-7-5-13-34(36)38/h1-28H;1-26H;1-24,26H. The molecule has 7 nitrogen and oxygen atoms in total. The number of hydrogen-bond donors (Lipinski definition) is 0. The van der Waals surface area contributed by atoms with Crippen molar-refractivity contribution in [1.29, 1.82) is 15.8 Å². The van der Waals surface area contributed by atoms with E-state index in [4.69, 9.17) is 0 Å². The molecular weight excluding hydrogens is 1760 g/mol. The highest BCUT2D eigenvalue weighted by Crippen LogP contribution is 2.53. The molecule has 0 saturated heterocycles. The third-order valence-electron chi connectivity index (χ3n) is 30.6. The molecule has 0 fully saturated rings. The van der Waals surface area contributed by atoms with Crippen molar-refractivity contribution in [2.24, 2.45) is 0 Å². The fourth-order valence-electron chi connectivity index (χ4n) is 24.4. The van der Waals surface area contributed by atoms with Crippen LogP contribution in [0.2, 0.25) is 0 Å². The minimum atomic E-state index is 0.666. The Labute approximate surface area is 832 Å². The van der Waals surface area contributed by atoms with Gasteiger partial charge in [-0.15, -0.1) is 0 Å². The molecule has 145 heavy (non-hydrogen) atoms. The van der Waals surface area contributed by atoms with Crippen LogP contribution in [0.3, 0.4) is 0 Å². The topological polar surface area (TPSA) is 99.0 Å². The van der Waals surface area contributed by atoms with Gasteiger partial charge in [0.25, 0.3) is 0 Å². The van der Waals surface area contributed by atoms with Gasteiger partial charge in [-0.2, -0.15) is 15.8 Å². The number of rotatable bonds is 9. The van der Waals surface area contributed by atoms with Crippen molar-refractivity contribution in [3.05, 3.63) is 496 Å². The maximum Gasteiger partial charge on any atom is 0.0992 e. The van der Waals surface area contributed by atoms with Crippen LogP contribution in [0.15, 0.2) is 480 Å². The number of benzene rings is 27. The van der Waals surface area contributed by atoms with Crippen molar-refractivity contribution >= 4 is 205 Å². The SMILES string of the molecule is N#Cc1cc2ccc3cc(-c4cc5c6ccccc6c(-c6cccc7ccccc67)cc5c5ccccc45)cc4c3c2c(c1)n4-c1ccccc1.N#Cc1cc2ccc3cc(-c4cc5c6ccccc6c(-c6ccccc6)cc5c5ccccc45)cc4c3c2c(c1)n4-c1ccccc1.N#Cc1cc2ccc3cc(-c4cc5c6ccccc6c(-c6cccnc6)cc5c5ccccc45)cc4c3c2c(c1)n4-c1ccccc1. The van der Waals surface area contributed by atoms with Crippen LogP contribution in [0.4, 0.5) is 0 Å². The lowest BCUT2D eigenvalue weighted by Crippen LogP contribution is -1.94. The molecule has 0 unspecified atom stereocenters. The van der Waals surface area contributed by atoms with Crippen LogP contribution in [0, 0.1) is 34.0 Å². The first-order chi connectivity index (χ1) is 71.8. The van der Waals surface area contributed by atoms with Gasteiger partial charge in [0, 0.05) is 67.3 Å². The molecule has 4 aromatic heterocycles. The van der Waals surface area contributed by atoms with Gasteiger partial charge in [0.05, 0.1) is 68.0 Å². The molecule has 0 N–H and O–H groups in total. The average molecular weight is 1840 g/mol. The van der Waals surface area contributed by atoms with E-state index in [-0.39, 0.29) is 0 Å². The summed E-state index contributed by atoms with van der Waals surface area (Å²) in [5.41, 5.74) is 26.3. The molecule has 0 bridgehead atoms. The molecule has 31 aromatic rings. The van der Waals surface area contributed by atoms with Crippen molar-refractivity contribution < 1.29 is 0 Å². The highest BCUT2D eigenvalue weighted by atomic mass is 15.0. The van der Waals surface area contributed by atoms with Crippen LogP contribution in [0.25, 0.3) is 289 Å². The molecule has 0 amide bonds. The maximum absolute atomic E-state index is 9.97.